The maximum Gasteiger partial charge on any atom is 0.323 e. The summed E-state index contributed by atoms with van der Waals surface area (Å²) in [6.45, 7) is 0. The van der Waals surface area contributed by atoms with E-state index in [1.54, 1.807) is 7.05 Å². The van der Waals surface area contributed by atoms with Crippen LogP contribution < -0.4 is 5.32 Å². The average molecular weight is 351 g/mol. The maximum atomic E-state index is 12.2. The molecule has 0 saturated carbocycles. The second-order valence-corrected chi connectivity index (χ2v) is 8.59. The van der Waals surface area contributed by atoms with Gasteiger partial charge in [0.1, 0.15) is 0 Å². The number of nitrogens with one attached hydrogen (secondary N) is 1. The van der Waals surface area contributed by atoms with Crippen LogP contribution in [-0.4, -0.2) is 48.9 Å². The van der Waals surface area contributed by atoms with E-state index in [1.165, 1.54) is 16.2 Å². The number of rotatable bonds is 3. The van der Waals surface area contributed by atoms with Crippen LogP contribution in [0.25, 0.3) is 11.3 Å². The molecule has 1 N–H and O–H groups in total. The molecule has 1 aliphatic heterocycles. The van der Waals surface area contributed by atoms with Crippen LogP contribution in [0.5, 0.6) is 0 Å². The van der Waals surface area contributed by atoms with Crippen LogP contribution in [-0.2, 0) is 9.84 Å². The molecule has 2 aromatic rings. The summed E-state index contributed by atoms with van der Waals surface area (Å²) in [6, 6.07) is 9.10. The van der Waals surface area contributed by atoms with Gasteiger partial charge in [-0.05, 0) is 6.42 Å². The number of thiazole rings is 1. The van der Waals surface area contributed by atoms with Gasteiger partial charge in [0.05, 0.1) is 17.2 Å². The van der Waals surface area contributed by atoms with E-state index in [0.29, 0.717) is 11.6 Å². The van der Waals surface area contributed by atoms with Crippen molar-refractivity contribution in [3.8, 4) is 11.3 Å². The highest BCUT2D eigenvalue weighted by Crippen LogP contribution is 2.25. The summed E-state index contributed by atoms with van der Waals surface area (Å²) >= 11 is 1.34. The number of aromatic nitrogens is 1. The predicted molar refractivity (Wildman–Crippen MR) is 91.4 cm³/mol. The fourth-order valence-corrected chi connectivity index (χ4v) is 4.98. The average Bonchev–Trinajstić information content (AvgIpc) is 3.14. The molecule has 0 spiro atoms. The number of nitrogens with zero attached hydrogens (tertiary/aromatic N) is 2. The van der Waals surface area contributed by atoms with Crippen LogP contribution in [0.1, 0.15) is 6.42 Å². The Labute approximate surface area is 139 Å². The maximum absolute atomic E-state index is 12.2. The normalized spacial score (nSPS) is 19.4. The molecule has 1 fully saturated rings. The van der Waals surface area contributed by atoms with Crippen molar-refractivity contribution in [3.63, 3.8) is 0 Å². The summed E-state index contributed by atoms with van der Waals surface area (Å²) in [7, 11) is -1.40. The van der Waals surface area contributed by atoms with E-state index in [0.717, 1.165) is 11.3 Å². The molecule has 122 valence electrons. The summed E-state index contributed by atoms with van der Waals surface area (Å²) in [6.07, 6.45) is 0.486. The molecule has 0 radical (unpaired) electrons. The van der Waals surface area contributed by atoms with Gasteiger partial charge in [-0.1, -0.05) is 30.3 Å². The van der Waals surface area contributed by atoms with Gasteiger partial charge in [-0.25, -0.2) is 18.2 Å². The molecule has 1 aliphatic rings. The monoisotopic (exact) mass is 351 g/mol. The molecule has 8 heteroatoms. The number of anilines is 1. The summed E-state index contributed by atoms with van der Waals surface area (Å²) in [4.78, 5) is 18.1. The van der Waals surface area contributed by atoms with Crippen molar-refractivity contribution in [3.05, 3.63) is 35.7 Å². The molecule has 2 amide bonds. The first-order valence-corrected chi connectivity index (χ1v) is 9.90. The lowest BCUT2D eigenvalue weighted by molar-refractivity contribution is 0.209. The van der Waals surface area contributed by atoms with Crippen molar-refractivity contribution in [2.24, 2.45) is 0 Å². The number of sulfone groups is 1. The molecule has 2 heterocycles. The number of hydrogen-bond donors (Lipinski definition) is 1. The predicted octanol–water partition coefficient (Wildman–Crippen LogP) is 2.46. The Morgan fingerprint density at radius 2 is 2.09 bits per heavy atom. The summed E-state index contributed by atoms with van der Waals surface area (Å²) in [5.74, 6) is 0.175. The van der Waals surface area contributed by atoms with Gasteiger partial charge >= 0.3 is 6.03 Å². The SMILES string of the molecule is CN(C(=O)Nc1nc(-c2ccccc2)cs1)C1CCS(=O)(=O)C1. The molecular formula is C15H17N3O3S2. The van der Waals surface area contributed by atoms with Crippen molar-refractivity contribution < 1.29 is 13.2 Å². The highest BCUT2D eigenvalue weighted by molar-refractivity contribution is 7.91. The fraction of sp³-hybridized carbons (Fsp3) is 0.333. The lowest BCUT2D eigenvalue weighted by Gasteiger charge is -2.22. The molecule has 1 atom stereocenters. The van der Waals surface area contributed by atoms with Crippen LogP contribution in [0.4, 0.5) is 9.93 Å². The van der Waals surface area contributed by atoms with Gasteiger partial charge in [0, 0.05) is 24.0 Å². The Kier molecular flexibility index (Phi) is 4.36. The van der Waals surface area contributed by atoms with E-state index in [9.17, 15) is 13.2 Å². The Balaban J connectivity index is 1.66. The van der Waals surface area contributed by atoms with E-state index in [-0.39, 0.29) is 23.6 Å². The van der Waals surface area contributed by atoms with E-state index >= 15 is 0 Å². The van der Waals surface area contributed by atoms with Gasteiger partial charge in [0.25, 0.3) is 0 Å². The third-order valence-corrected chi connectivity index (χ3v) is 6.37. The number of urea groups is 1. The topological polar surface area (TPSA) is 79.4 Å². The van der Waals surface area contributed by atoms with E-state index < -0.39 is 9.84 Å². The van der Waals surface area contributed by atoms with Crippen molar-refractivity contribution in [1.82, 2.24) is 9.88 Å². The quantitative estimate of drug-likeness (QED) is 0.921. The van der Waals surface area contributed by atoms with Crippen LogP contribution in [0, 0.1) is 0 Å². The highest BCUT2D eigenvalue weighted by atomic mass is 32.2. The molecule has 1 unspecified atom stereocenters. The van der Waals surface area contributed by atoms with Gasteiger partial charge in [-0.3, -0.25) is 5.32 Å². The van der Waals surface area contributed by atoms with Crippen LogP contribution >= 0.6 is 11.3 Å². The highest BCUT2D eigenvalue weighted by Gasteiger charge is 2.32. The molecule has 23 heavy (non-hydrogen) atoms. The minimum atomic E-state index is -3.01. The first kappa shape index (κ1) is 15.9. The van der Waals surface area contributed by atoms with Gasteiger partial charge in [0.15, 0.2) is 15.0 Å². The molecule has 6 nitrogen and oxygen atoms in total. The number of carbonyl (C=O) groups is 1. The van der Waals surface area contributed by atoms with Gasteiger partial charge in [-0.15, -0.1) is 11.3 Å². The zero-order valence-electron chi connectivity index (χ0n) is 12.6. The molecular weight excluding hydrogens is 334 g/mol. The fourth-order valence-electron chi connectivity index (χ4n) is 2.50. The van der Waals surface area contributed by atoms with Crippen molar-refractivity contribution in [2.75, 3.05) is 23.9 Å². The second-order valence-electron chi connectivity index (χ2n) is 5.50. The number of carbonyl (C=O) groups excluding carboxylic acids is 1. The Morgan fingerprint density at radius 3 is 2.74 bits per heavy atom. The molecule has 3 rings (SSSR count). The standard InChI is InChI=1S/C15H17N3O3S2/c1-18(12-7-8-23(20,21)10-12)15(19)17-14-16-13(9-22-14)11-5-3-2-4-6-11/h2-6,9,12H,7-8,10H2,1H3,(H,16,17,19). The minimum Gasteiger partial charge on any atom is -0.323 e. The minimum absolute atomic E-state index is 0.0318. The largest absolute Gasteiger partial charge is 0.323 e. The number of benzene rings is 1. The third-order valence-electron chi connectivity index (χ3n) is 3.86. The first-order chi connectivity index (χ1) is 10.9. The zero-order chi connectivity index (χ0) is 16.4. The molecule has 1 saturated heterocycles. The Bertz CT molecular complexity index is 802. The summed E-state index contributed by atoms with van der Waals surface area (Å²) < 4.78 is 23.0. The van der Waals surface area contributed by atoms with Crippen LogP contribution in [0.2, 0.25) is 0 Å². The van der Waals surface area contributed by atoms with Gasteiger partial charge in [-0.2, -0.15) is 0 Å². The lowest BCUT2D eigenvalue weighted by Crippen LogP contribution is -2.40. The summed E-state index contributed by atoms with van der Waals surface area (Å²) in [5.41, 5.74) is 1.79. The Hall–Kier alpha value is -1.93. The van der Waals surface area contributed by atoms with Gasteiger partial charge in [0.2, 0.25) is 0 Å². The summed E-state index contributed by atoms with van der Waals surface area (Å²) in [5, 5.41) is 5.12. The number of hydrogen-bond acceptors (Lipinski definition) is 5. The number of amides is 2. The molecule has 1 aromatic heterocycles. The van der Waals surface area contributed by atoms with Crippen LogP contribution in [0.15, 0.2) is 35.7 Å². The smallest absolute Gasteiger partial charge is 0.323 e. The first-order valence-electron chi connectivity index (χ1n) is 7.20. The Morgan fingerprint density at radius 1 is 1.35 bits per heavy atom. The van der Waals surface area contributed by atoms with Crippen molar-refractivity contribution in [2.45, 2.75) is 12.5 Å². The molecule has 1 aromatic carbocycles. The van der Waals surface area contributed by atoms with Crippen LogP contribution in [0.3, 0.4) is 0 Å². The second kappa shape index (κ2) is 6.29. The van der Waals surface area contributed by atoms with E-state index in [4.69, 9.17) is 0 Å². The van der Waals surface area contributed by atoms with Crippen molar-refractivity contribution in [1.29, 1.82) is 0 Å². The molecule has 0 bridgehead atoms. The molecule has 0 aliphatic carbocycles. The van der Waals surface area contributed by atoms with Gasteiger partial charge < -0.3 is 4.90 Å². The third kappa shape index (κ3) is 3.70. The van der Waals surface area contributed by atoms with E-state index in [2.05, 4.69) is 10.3 Å². The van der Waals surface area contributed by atoms with Crippen molar-refractivity contribution >= 4 is 32.3 Å². The lowest BCUT2D eigenvalue weighted by atomic mass is 10.2. The van der Waals surface area contributed by atoms with E-state index in [1.807, 2.05) is 35.7 Å². The zero-order valence-corrected chi connectivity index (χ0v) is 14.2.